The molecule has 0 spiro atoms. The molecule has 0 bridgehead atoms. The Hall–Kier alpha value is -5.94. The summed E-state index contributed by atoms with van der Waals surface area (Å²) in [4.78, 5) is 9.49. The second-order valence-electron chi connectivity index (χ2n) is 12.4. The summed E-state index contributed by atoms with van der Waals surface area (Å²) in [6.07, 6.45) is 1.96. The Bertz CT molecular complexity index is 2280. The van der Waals surface area contributed by atoms with E-state index in [1.165, 1.54) is 38.9 Å². The average Bonchev–Trinajstić information content (AvgIpc) is 3.25. The Morgan fingerprint density at radius 1 is 0.358 bits per heavy atom. The van der Waals surface area contributed by atoms with Crippen molar-refractivity contribution in [3.05, 3.63) is 228 Å². The largest absolute Gasteiger partial charge is 0.326 e. The summed E-state index contributed by atoms with van der Waals surface area (Å²) in [5.41, 5.74) is 18.2. The van der Waals surface area contributed by atoms with Gasteiger partial charge in [-0.1, -0.05) is 182 Å². The summed E-state index contributed by atoms with van der Waals surface area (Å²) in [6.45, 7) is 0.640. The molecule has 2 N–H and O–H groups in total. The second kappa shape index (κ2) is 19.6. The van der Waals surface area contributed by atoms with Crippen LogP contribution < -0.4 is 5.73 Å². The molecular weight excluding hydrogens is 710 g/mol. The Morgan fingerprint density at radius 2 is 0.774 bits per heavy atom. The van der Waals surface area contributed by atoms with Crippen molar-refractivity contribution in [1.29, 1.82) is 0 Å². The minimum absolute atomic E-state index is 0.640. The summed E-state index contributed by atoms with van der Waals surface area (Å²) in [7, 11) is 0. The molecule has 2 aromatic heterocycles. The molecule has 6 aromatic carbocycles. The molecule has 0 fully saturated rings. The number of aryl methyl sites for hydroxylation is 2. The highest BCUT2D eigenvalue weighted by molar-refractivity contribution is 9.10. The van der Waals surface area contributed by atoms with E-state index in [1.54, 1.807) is 0 Å². The maximum atomic E-state index is 5.35. The Labute approximate surface area is 322 Å². The fraction of sp³-hybridized carbons (Fsp3) is 0.0612. The summed E-state index contributed by atoms with van der Waals surface area (Å²) in [5, 5.41) is 0. The first-order chi connectivity index (χ1) is 26.2. The number of aromatic nitrogens is 2. The summed E-state index contributed by atoms with van der Waals surface area (Å²) >= 11 is 3.43. The third kappa shape index (κ3) is 10.8. The number of benzene rings is 6. The lowest BCUT2D eigenvalue weighted by Gasteiger charge is -2.11. The Morgan fingerprint density at radius 3 is 1.25 bits per heavy atom. The van der Waals surface area contributed by atoms with Crippen molar-refractivity contribution in [2.24, 2.45) is 5.73 Å². The minimum atomic E-state index is 0.640. The molecule has 0 atom stereocenters. The van der Waals surface area contributed by atoms with Crippen LogP contribution in [0.5, 0.6) is 0 Å². The van der Waals surface area contributed by atoms with Crippen LogP contribution in [0, 0.1) is 0 Å². The summed E-state index contributed by atoms with van der Waals surface area (Å²) in [6, 6.07) is 70.7. The van der Waals surface area contributed by atoms with Crippen LogP contribution in [0.25, 0.3) is 44.8 Å². The molecule has 0 aliphatic rings. The molecule has 4 heteroatoms. The second-order valence-corrected chi connectivity index (χ2v) is 13.2. The van der Waals surface area contributed by atoms with Crippen LogP contribution in [0.2, 0.25) is 0 Å². The van der Waals surface area contributed by atoms with E-state index >= 15 is 0 Å². The number of rotatable bonds is 8. The van der Waals surface area contributed by atoms with Crippen LogP contribution in [0.15, 0.2) is 211 Å². The fourth-order valence-corrected chi connectivity index (χ4v) is 6.35. The quantitative estimate of drug-likeness (QED) is 0.157. The fourth-order valence-electron chi connectivity index (χ4n) is 6.01. The number of nitrogens with zero attached hydrogens (tertiary/aromatic N) is 2. The maximum Gasteiger partial charge on any atom is 0.106 e. The van der Waals surface area contributed by atoms with E-state index in [1.807, 2.05) is 60.7 Å². The van der Waals surface area contributed by atoms with E-state index in [2.05, 4.69) is 167 Å². The van der Waals surface area contributed by atoms with Crippen LogP contribution in [0.4, 0.5) is 0 Å². The molecule has 0 saturated heterocycles. The third-order valence-corrected chi connectivity index (χ3v) is 9.13. The molecular formula is C49H42BrN3. The van der Waals surface area contributed by atoms with E-state index in [-0.39, 0.29) is 0 Å². The first-order valence-electron chi connectivity index (χ1n) is 17.8. The topological polar surface area (TPSA) is 51.8 Å². The minimum Gasteiger partial charge on any atom is -0.326 e. The zero-order valence-corrected chi connectivity index (χ0v) is 31.2. The van der Waals surface area contributed by atoms with Crippen molar-refractivity contribution in [2.45, 2.75) is 19.4 Å². The van der Waals surface area contributed by atoms with Gasteiger partial charge >= 0.3 is 0 Å². The standard InChI is InChI=1S/C25H21N.C17H12BrN.C7H9N/c1-3-10-20(11-4-1)18-19-22-14-9-17-25(26-22)24-16-8-7-15-23(24)21-12-5-2-6-13-21;18-17-12-6-11-16(19-17)15-10-5-4-9-14(15)13-7-2-1-3-8-13;8-6-7-4-2-1-3-5-7/h1-17H,18-19H2;1-12H;1-5H,6,8H2. The molecule has 3 nitrogen and oxygen atoms in total. The lowest BCUT2D eigenvalue weighted by Crippen LogP contribution is -1.96. The van der Waals surface area contributed by atoms with Crippen LogP contribution in [0.3, 0.4) is 0 Å². The molecule has 0 amide bonds. The lowest BCUT2D eigenvalue weighted by molar-refractivity contribution is 0.916. The van der Waals surface area contributed by atoms with Gasteiger partial charge in [-0.05, 0) is 86.4 Å². The first-order valence-corrected chi connectivity index (χ1v) is 18.6. The number of hydrogen-bond acceptors (Lipinski definition) is 3. The maximum absolute atomic E-state index is 5.35. The molecule has 2 heterocycles. The van der Waals surface area contributed by atoms with Gasteiger partial charge in [0.05, 0.1) is 11.4 Å². The van der Waals surface area contributed by atoms with Crippen molar-refractivity contribution in [3.63, 3.8) is 0 Å². The average molecular weight is 753 g/mol. The van der Waals surface area contributed by atoms with Crippen molar-refractivity contribution in [2.75, 3.05) is 0 Å². The van der Waals surface area contributed by atoms with E-state index in [9.17, 15) is 0 Å². The smallest absolute Gasteiger partial charge is 0.106 e. The predicted octanol–water partition coefficient (Wildman–Crippen LogP) is 12.5. The monoisotopic (exact) mass is 751 g/mol. The van der Waals surface area contributed by atoms with Crippen molar-refractivity contribution in [1.82, 2.24) is 9.97 Å². The van der Waals surface area contributed by atoms with E-state index in [0.717, 1.165) is 40.1 Å². The van der Waals surface area contributed by atoms with Gasteiger partial charge in [-0.25, -0.2) is 4.98 Å². The van der Waals surface area contributed by atoms with Gasteiger partial charge in [0.2, 0.25) is 0 Å². The highest BCUT2D eigenvalue weighted by Gasteiger charge is 2.09. The van der Waals surface area contributed by atoms with Gasteiger partial charge in [0.15, 0.2) is 0 Å². The number of halogens is 1. The lowest BCUT2D eigenvalue weighted by atomic mass is 9.97. The zero-order valence-electron chi connectivity index (χ0n) is 29.6. The summed E-state index contributed by atoms with van der Waals surface area (Å²) < 4.78 is 0.855. The zero-order chi connectivity index (χ0) is 36.5. The van der Waals surface area contributed by atoms with Crippen molar-refractivity contribution in [3.8, 4) is 44.8 Å². The van der Waals surface area contributed by atoms with Gasteiger partial charge in [-0.15, -0.1) is 0 Å². The van der Waals surface area contributed by atoms with Crippen LogP contribution >= 0.6 is 15.9 Å². The normalized spacial score (nSPS) is 10.3. The molecule has 0 aliphatic carbocycles. The van der Waals surface area contributed by atoms with Gasteiger partial charge < -0.3 is 5.73 Å². The van der Waals surface area contributed by atoms with Gasteiger partial charge in [-0.3, -0.25) is 4.98 Å². The van der Waals surface area contributed by atoms with Crippen LogP contribution in [-0.2, 0) is 19.4 Å². The van der Waals surface area contributed by atoms with Crippen LogP contribution in [-0.4, -0.2) is 9.97 Å². The molecule has 0 saturated carbocycles. The van der Waals surface area contributed by atoms with E-state index < -0.39 is 0 Å². The number of pyridine rings is 2. The molecule has 0 unspecified atom stereocenters. The highest BCUT2D eigenvalue weighted by Crippen LogP contribution is 2.32. The Balaban J connectivity index is 0.000000155. The molecule has 0 aliphatic heterocycles. The van der Waals surface area contributed by atoms with E-state index in [4.69, 9.17) is 10.7 Å². The highest BCUT2D eigenvalue weighted by atomic mass is 79.9. The first kappa shape index (κ1) is 36.8. The number of hydrogen-bond donors (Lipinski definition) is 1. The van der Waals surface area contributed by atoms with Crippen LogP contribution in [0.1, 0.15) is 16.8 Å². The number of nitrogens with two attached hydrogens (primary N) is 1. The molecule has 0 radical (unpaired) electrons. The SMILES string of the molecule is Brc1cccc(-c2ccccc2-c2ccccc2)n1.NCc1ccccc1.c1ccc(CCc2cccc(-c3ccccc3-c3ccccc3)n2)cc1. The third-order valence-electron chi connectivity index (χ3n) is 8.69. The molecule has 8 rings (SSSR count). The van der Waals surface area contributed by atoms with Crippen molar-refractivity contribution >= 4 is 15.9 Å². The summed E-state index contributed by atoms with van der Waals surface area (Å²) in [5.74, 6) is 0. The molecule has 53 heavy (non-hydrogen) atoms. The van der Waals surface area contributed by atoms with Crippen molar-refractivity contribution < 1.29 is 0 Å². The Kier molecular flexibility index (Phi) is 13.6. The molecule has 260 valence electrons. The molecule has 8 aromatic rings. The van der Waals surface area contributed by atoms with Gasteiger partial charge in [0.25, 0.3) is 0 Å². The van der Waals surface area contributed by atoms with Gasteiger partial charge in [-0.2, -0.15) is 0 Å². The van der Waals surface area contributed by atoms with Gasteiger partial charge in [0.1, 0.15) is 4.60 Å². The predicted molar refractivity (Wildman–Crippen MR) is 226 cm³/mol. The van der Waals surface area contributed by atoms with E-state index in [0.29, 0.717) is 6.54 Å². The van der Waals surface area contributed by atoms with Gasteiger partial charge in [0, 0.05) is 23.4 Å².